The highest BCUT2D eigenvalue weighted by Crippen LogP contribution is 2.14. The first kappa shape index (κ1) is 13.4. The van der Waals surface area contributed by atoms with E-state index in [-0.39, 0.29) is 11.8 Å². The number of rotatable bonds is 5. The molecule has 0 aliphatic carbocycles. The molecular formula is C15H17NO3. The van der Waals surface area contributed by atoms with Gasteiger partial charge in [0, 0.05) is 6.04 Å². The topological polar surface area (TPSA) is 51.5 Å². The molecule has 2 rings (SSSR count). The third-order valence-electron chi connectivity index (χ3n) is 2.93. The summed E-state index contributed by atoms with van der Waals surface area (Å²) in [5.74, 6) is 0.484. The zero-order chi connectivity index (χ0) is 13.7. The second kappa shape index (κ2) is 6.20. The van der Waals surface area contributed by atoms with Crippen LogP contribution in [0.3, 0.4) is 0 Å². The van der Waals surface area contributed by atoms with E-state index >= 15 is 0 Å². The Labute approximate surface area is 112 Å². The molecule has 0 radical (unpaired) electrons. The molecule has 4 heteroatoms. The summed E-state index contributed by atoms with van der Waals surface area (Å²) in [4.78, 5) is 11.2. The van der Waals surface area contributed by atoms with Gasteiger partial charge in [-0.1, -0.05) is 30.3 Å². The van der Waals surface area contributed by atoms with Crippen molar-refractivity contribution in [3.63, 3.8) is 0 Å². The Kier molecular flexibility index (Phi) is 4.36. The van der Waals surface area contributed by atoms with E-state index in [1.165, 1.54) is 12.7 Å². The van der Waals surface area contributed by atoms with E-state index in [1.807, 2.05) is 18.2 Å². The van der Waals surface area contributed by atoms with Crippen molar-refractivity contribution in [2.45, 2.75) is 19.5 Å². The van der Waals surface area contributed by atoms with E-state index in [2.05, 4.69) is 29.1 Å². The fourth-order valence-electron chi connectivity index (χ4n) is 1.80. The number of carbonyl (C=O) groups excluding carboxylic acids is 1. The van der Waals surface area contributed by atoms with E-state index in [9.17, 15) is 4.79 Å². The Morgan fingerprint density at radius 2 is 2.00 bits per heavy atom. The third kappa shape index (κ3) is 3.45. The van der Waals surface area contributed by atoms with Gasteiger partial charge in [-0.3, -0.25) is 0 Å². The van der Waals surface area contributed by atoms with Gasteiger partial charge in [0.05, 0.1) is 13.7 Å². The lowest BCUT2D eigenvalue weighted by atomic mass is 10.1. The maximum absolute atomic E-state index is 11.2. The van der Waals surface area contributed by atoms with Gasteiger partial charge in [-0.05, 0) is 24.6 Å². The van der Waals surface area contributed by atoms with Crippen LogP contribution in [0.4, 0.5) is 0 Å². The molecule has 0 bridgehead atoms. The molecule has 1 aromatic carbocycles. The Morgan fingerprint density at radius 3 is 2.68 bits per heavy atom. The van der Waals surface area contributed by atoms with Crippen LogP contribution >= 0.6 is 0 Å². The summed E-state index contributed by atoms with van der Waals surface area (Å²) in [6.07, 6.45) is 0. The van der Waals surface area contributed by atoms with Crippen molar-refractivity contribution in [2.24, 2.45) is 0 Å². The Balaban J connectivity index is 1.92. The van der Waals surface area contributed by atoms with Gasteiger partial charge in [-0.25, -0.2) is 4.79 Å². The fourth-order valence-corrected chi connectivity index (χ4v) is 1.80. The molecule has 0 unspecified atom stereocenters. The van der Waals surface area contributed by atoms with Crippen LogP contribution in [0.15, 0.2) is 46.9 Å². The molecule has 0 saturated carbocycles. The van der Waals surface area contributed by atoms with Gasteiger partial charge in [0.15, 0.2) is 0 Å². The quantitative estimate of drug-likeness (QED) is 0.839. The Morgan fingerprint density at radius 1 is 1.26 bits per heavy atom. The number of ether oxygens (including phenoxy) is 1. The monoisotopic (exact) mass is 259 g/mol. The van der Waals surface area contributed by atoms with Crippen LogP contribution in [0.25, 0.3) is 0 Å². The van der Waals surface area contributed by atoms with Gasteiger partial charge in [-0.2, -0.15) is 0 Å². The maximum Gasteiger partial charge on any atom is 0.373 e. The highest BCUT2D eigenvalue weighted by molar-refractivity contribution is 5.86. The van der Waals surface area contributed by atoms with Gasteiger partial charge >= 0.3 is 5.97 Å². The van der Waals surface area contributed by atoms with E-state index in [1.54, 1.807) is 12.1 Å². The first-order chi connectivity index (χ1) is 9.20. The second-order valence-electron chi connectivity index (χ2n) is 4.27. The van der Waals surface area contributed by atoms with E-state index < -0.39 is 5.97 Å². The molecule has 0 spiro atoms. The molecular weight excluding hydrogens is 242 g/mol. The van der Waals surface area contributed by atoms with Crippen LogP contribution in [0.2, 0.25) is 0 Å². The average Bonchev–Trinajstić information content (AvgIpc) is 2.93. The number of furan rings is 1. The minimum atomic E-state index is -0.456. The summed E-state index contributed by atoms with van der Waals surface area (Å²) in [7, 11) is 1.33. The van der Waals surface area contributed by atoms with Crippen molar-refractivity contribution in [1.82, 2.24) is 5.32 Å². The van der Waals surface area contributed by atoms with Crippen molar-refractivity contribution in [1.29, 1.82) is 0 Å². The van der Waals surface area contributed by atoms with Gasteiger partial charge in [-0.15, -0.1) is 0 Å². The molecule has 1 heterocycles. The molecule has 4 nitrogen and oxygen atoms in total. The number of benzene rings is 1. The van der Waals surface area contributed by atoms with Gasteiger partial charge < -0.3 is 14.5 Å². The molecule has 2 aromatic rings. The summed E-state index contributed by atoms with van der Waals surface area (Å²) in [6, 6.07) is 13.8. The lowest BCUT2D eigenvalue weighted by molar-refractivity contribution is 0.0563. The Hall–Kier alpha value is -2.07. The summed E-state index contributed by atoms with van der Waals surface area (Å²) in [6.45, 7) is 2.65. The molecule has 1 N–H and O–H groups in total. The highest BCUT2D eigenvalue weighted by atomic mass is 16.5. The minimum Gasteiger partial charge on any atom is -0.463 e. The van der Waals surface area contributed by atoms with Crippen molar-refractivity contribution in [3.8, 4) is 0 Å². The lowest BCUT2D eigenvalue weighted by Crippen LogP contribution is -2.17. The normalized spacial score (nSPS) is 12.1. The molecule has 0 saturated heterocycles. The molecule has 0 aliphatic heterocycles. The number of nitrogens with one attached hydrogen (secondary N) is 1. The zero-order valence-electron chi connectivity index (χ0n) is 11.1. The summed E-state index contributed by atoms with van der Waals surface area (Å²) in [5, 5.41) is 3.34. The van der Waals surface area contributed by atoms with E-state index in [4.69, 9.17) is 4.42 Å². The molecule has 1 aromatic heterocycles. The predicted molar refractivity (Wildman–Crippen MR) is 71.7 cm³/mol. The van der Waals surface area contributed by atoms with Crippen LogP contribution in [0, 0.1) is 0 Å². The van der Waals surface area contributed by atoms with Crippen LogP contribution in [0.1, 0.15) is 34.8 Å². The smallest absolute Gasteiger partial charge is 0.373 e. The number of carbonyl (C=O) groups is 1. The average molecular weight is 259 g/mol. The van der Waals surface area contributed by atoms with Gasteiger partial charge in [0.25, 0.3) is 0 Å². The number of hydrogen-bond acceptors (Lipinski definition) is 4. The summed E-state index contributed by atoms with van der Waals surface area (Å²) < 4.78 is 9.98. The summed E-state index contributed by atoms with van der Waals surface area (Å²) >= 11 is 0. The van der Waals surface area contributed by atoms with Crippen LogP contribution in [-0.2, 0) is 11.3 Å². The highest BCUT2D eigenvalue weighted by Gasteiger charge is 2.11. The van der Waals surface area contributed by atoms with Gasteiger partial charge in [0.2, 0.25) is 5.76 Å². The number of methoxy groups -OCH3 is 1. The van der Waals surface area contributed by atoms with E-state index in [0.29, 0.717) is 12.3 Å². The summed E-state index contributed by atoms with van der Waals surface area (Å²) in [5.41, 5.74) is 1.21. The largest absolute Gasteiger partial charge is 0.463 e. The van der Waals surface area contributed by atoms with Crippen LogP contribution in [0.5, 0.6) is 0 Å². The second-order valence-corrected chi connectivity index (χ2v) is 4.27. The van der Waals surface area contributed by atoms with Crippen molar-refractivity contribution in [3.05, 3.63) is 59.5 Å². The lowest BCUT2D eigenvalue weighted by Gasteiger charge is -2.12. The number of esters is 1. The first-order valence-electron chi connectivity index (χ1n) is 6.16. The molecule has 0 fully saturated rings. The van der Waals surface area contributed by atoms with Crippen LogP contribution < -0.4 is 5.32 Å². The standard InChI is InChI=1S/C15H17NO3/c1-11(12-6-4-3-5-7-12)16-10-13-8-9-14(19-13)15(17)18-2/h3-9,11,16H,10H2,1-2H3/t11-/m0/s1. The molecule has 0 amide bonds. The van der Waals surface area contributed by atoms with Crippen molar-refractivity contribution < 1.29 is 13.9 Å². The Bertz CT molecular complexity index is 533. The van der Waals surface area contributed by atoms with E-state index in [0.717, 1.165) is 0 Å². The third-order valence-corrected chi connectivity index (χ3v) is 2.93. The molecule has 100 valence electrons. The zero-order valence-corrected chi connectivity index (χ0v) is 11.1. The maximum atomic E-state index is 11.2. The van der Waals surface area contributed by atoms with Crippen LogP contribution in [-0.4, -0.2) is 13.1 Å². The number of hydrogen-bond donors (Lipinski definition) is 1. The molecule has 1 atom stereocenters. The predicted octanol–water partition coefficient (Wildman–Crippen LogP) is 2.92. The first-order valence-corrected chi connectivity index (χ1v) is 6.16. The molecule has 0 aliphatic rings. The van der Waals surface area contributed by atoms with Gasteiger partial charge in [0.1, 0.15) is 5.76 Å². The SMILES string of the molecule is COC(=O)c1ccc(CN[C@@H](C)c2ccccc2)o1. The van der Waals surface area contributed by atoms with Crippen molar-refractivity contribution in [2.75, 3.05) is 7.11 Å². The minimum absolute atomic E-state index is 0.216. The molecule has 19 heavy (non-hydrogen) atoms. The fraction of sp³-hybridized carbons (Fsp3) is 0.267. The van der Waals surface area contributed by atoms with Crippen molar-refractivity contribution >= 4 is 5.97 Å².